The maximum Gasteiger partial charge on any atom is 0.256 e. The van der Waals surface area contributed by atoms with E-state index in [1.165, 1.54) is 19.3 Å². The van der Waals surface area contributed by atoms with Gasteiger partial charge < -0.3 is 10.3 Å². The first-order chi connectivity index (χ1) is 9.70. The van der Waals surface area contributed by atoms with Gasteiger partial charge in [-0.2, -0.15) is 0 Å². The number of hydrazine groups is 1. The van der Waals surface area contributed by atoms with Crippen molar-refractivity contribution in [1.29, 1.82) is 0 Å². The molecule has 4 nitrogen and oxygen atoms in total. The first-order valence-electron chi connectivity index (χ1n) is 7.28. The van der Waals surface area contributed by atoms with Gasteiger partial charge in [-0.15, -0.1) is 0 Å². The number of benzene rings is 1. The average molecular weight is 294 g/mol. The number of carbonyl (C=O) groups excluding carboxylic acids is 1. The van der Waals surface area contributed by atoms with Crippen LogP contribution in [-0.2, 0) is 0 Å². The summed E-state index contributed by atoms with van der Waals surface area (Å²) in [6.45, 7) is 0.852. The van der Waals surface area contributed by atoms with E-state index < -0.39 is 0 Å². The zero-order valence-electron chi connectivity index (χ0n) is 11.4. The SMILES string of the molecule is NNc1ccc(Cl)cc1C(=O)N1CCC2CCCCC21. The molecular weight excluding hydrogens is 274 g/mol. The Morgan fingerprint density at radius 2 is 2.10 bits per heavy atom. The number of nitrogen functional groups attached to an aromatic ring is 1. The van der Waals surface area contributed by atoms with Gasteiger partial charge in [0.1, 0.15) is 0 Å². The van der Waals surface area contributed by atoms with Gasteiger partial charge in [-0.1, -0.05) is 24.4 Å². The maximum atomic E-state index is 12.8. The molecule has 2 unspecified atom stereocenters. The fourth-order valence-corrected chi connectivity index (χ4v) is 3.80. The van der Waals surface area contributed by atoms with Crippen molar-refractivity contribution in [1.82, 2.24) is 4.90 Å². The van der Waals surface area contributed by atoms with Gasteiger partial charge in [-0.3, -0.25) is 10.6 Å². The van der Waals surface area contributed by atoms with Crippen molar-refractivity contribution >= 4 is 23.2 Å². The van der Waals surface area contributed by atoms with Crippen LogP contribution in [0.5, 0.6) is 0 Å². The first-order valence-corrected chi connectivity index (χ1v) is 7.65. The molecule has 1 amide bonds. The quantitative estimate of drug-likeness (QED) is 0.651. The van der Waals surface area contributed by atoms with E-state index in [-0.39, 0.29) is 5.91 Å². The Morgan fingerprint density at radius 1 is 1.30 bits per heavy atom. The second kappa shape index (κ2) is 5.62. The van der Waals surface area contributed by atoms with Gasteiger partial charge in [-0.25, -0.2) is 0 Å². The Balaban J connectivity index is 1.87. The summed E-state index contributed by atoms with van der Waals surface area (Å²) in [5, 5.41) is 0.562. The Bertz CT molecular complexity index is 520. The van der Waals surface area contributed by atoms with Crippen LogP contribution in [-0.4, -0.2) is 23.4 Å². The van der Waals surface area contributed by atoms with Gasteiger partial charge in [0.15, 0.2) is 0 Å². The molecule has 1 saturated carbocycles. The molecule has 1 heterocycles. The summed E-state index contributed by atoms with van der Waals surface area (Å²) in [7, 11) is 0. The summed E-state index contributed by atoms with van der Waals surface area (Å²) in [5.74, 6) is 6.24. The number of amides is 1. The Labute approximate surface area is 124 Å². The van der Waals surface area contributed by atoms with E-state index in [1.54, 1.807) is 18.2 Å². The van der Waals surface area contributed by atoms with Gasteiger partial charge >= 0.3 is 0 Å². The van der Waals surface area contributed by atoms with Crippen molar-refractivity contribution in [3.8, 4) is 0 Å². The van der Waals surface area contributed by atoms with E-state index in [1.807, 2.05) is 4.90 Å². The second-order valence-electron chi connectivity index (χ2n) is 5.73. The summed E-state index contributed by atoms with van der Waals surface area (Å²) in [5.41, 5.74) is 3.81. The molecule has 0 aromatic heterocycles. The molecule has 2 aliphatic rings. The highest BCUT2D eigenvalue weighted by Crippen LogP contribution is 2.37. The van der Waals surface area contributed by atoms with Crippen LogP contribution in [0, 0.1) is 5.92 Å². The number of hydrogen-bond donors (Lipinski definition) is 2. The number of nitrogens with zero attached hydrogens (tertiary/aromatic N) is 1. The van der Waals surface area contributed by atoms with E-state index >= 15 is 0 Å². The number of carbonyl (C=O) groups is 1. The number of halogens is 1. The number of nitrogens with one attached hydrogen (secondary N) is 1. The van der Waals surface area contributed by atoms with Crippen LogP contribution >= 0.6 is 11.6 Å². The zero-order chi connectivity index (χ0) is 14.1. The average Bonchev–Trinajstić information content (AvgIpc) is 2.90. The van der Waals surface area contributed by atoms with E-state index in [9.17, 15) is 4.79 Å². The van der Waals surface area contributed by atoms with Crippen LogP contribution in [0.4, 0.5) is 5.69 Å². The molecule has 0 radical (unpaired) electrons. The van der Waals surface area contributed by atoms with Crippen molar-refractivity contribution in [2.45, 2.75) is 38.1 Å². The third-order valence-corrected chi connectivity index (χ3v) is 4.87. The summed E-state index contributed by atoms with van der Waals surface area (Å²) in [4.78, 5) is 14.8. The van der Waals surface area contributed by atoms with Crippen LogP contribution in [0.2, 0.25) is 5.02 Å². The minimum Gasteiger partial charge on any atom is -0.335 e. The van der Waals surface area contributed by atoms with Crippen LogP contribution < -0.4 is 11.3 Å². The van der Waals surface area contributed by atoms with E-state index in [0.29, 0.717) is 28.2 Å². The van der Waals surface area contributed by atoms with Crippen LogP contribution in [0.15, 0.2) is 18.2 Å². The molecular formula is C15H20ClN3O. The van der Waals surface area contributed by atoms with Gasteiger partial charge in [0.05, 0.1) is 11.3 Å². The Morgan fingerprint density at radius 3 is 2.90 bits per heavy atom. The molecule has 20 heavy (non-hydrogen) atoms. The number of nitrogens with two attached hydrogens (primary N) is 1. The van der Waals surface area contributed by atoms with E-state index in [4.69, 9.17) is 17.4 Å². The highest BCUT2D eigenvalue weighted by molar-refractivity contribution is 6.31. The normalized spacial score (nSPS) is 25.4. The molecule has 1 aliphatic heterocycles. The predicted octanol–water partition coefficient (Wildman–Crippen LogP) is 3.03. The number of anilines is 1. The molecule has 2 fully saturated rings. The molecule has 1 aromatic rings. The van der Waals surface area contributed by atoms with Crippen molar-refractivity contribution in [3.05, 3.63) is 28.8 Å². The number of rotatable bonds is 2. The van der Waals surface area contributed by atoms with Crippen molar-refractivity contribution in [2.75, 3.05) is 12.0 Å². The molecule has 3 N–H and O–H groups in total. The molecule has 108 valence electrons. The standard InChI is InChI=1S/C15H20ClN3O/c16-11-5-6-13(18-17)12(9-11)15(20)19-8-7-10-3-1-2-4-14(10)19/h5-6,9-10,14,18H,1-4,7-8,17H2. The van der Waals surface area contributed by atoms with Gasteiger partial charge in [0, 0.05) is 17.6 Å². The van der Waals surface area contributed by atoms with Crippen LogP contribution in [0.3, 0.4) is 0 Å². The fraction of sp³-hybridized carbons (Fsp3) is 0.533. The molecule has 0 bridgehead atoms. The lowest BCUT2D eigenvalue weighted by molar-refractivity contribution is 0.0691. The van der Waals surface area contributed by atoms with Crippen molar-refractivity contribution < 1.29 is 4.79 Å². The third-order valence-electron chi connectivity index (χ3n) is 4.64. The molecule has 3 rings (SSSR count). The summed E-state index contributed by atoms with van der Waals surface area (Å²) in [6.07, 6.45) is 6.04. The van der Waals surface area contributed by atoms with E-state index in [2.05, 4.69) is 5.43 Å². The van der Waals surface area contributed by atoms with Gasteiger partial charge in [-0.05, 0) is 43.4 Å². The monoisotopic (exact) mass is 293 g/mol. The largest absolute Gasteiger partial charge is 0.335 e. The van der Waals surface area contributed by atoms with Gasteiger partial charge in [0.25, 0.3) is 5.91 Å². The second-order valence-corrected chi connectivity index (χ2v) is 6.17. The van der Waals surface area contributed by atoms with Gasteiger partial charge in [0.2, 0.25) is 0 Å². The molecule has 1 aromatic carbocycles. The van der Waals surface area contributed by atoms with Crippen LogP contribution in [0.25, 0.3) is 0 Å². The lowest BCUT2D eigenvalue weighted by Crippen LogP contribution is -2.39. The number of hydrogen-bond acceptors (Lipinski definition) is 3. The van der Waals surface area contributed by atoms with Crippen LogP contribution in [0.1, 0.15) is 42.5 Å². The topological polar surface area (TPSA) is 58.4 Å². The Kier molecular flexibility index (Phi) is 3.85. The highest BCUT2D eigenvalue weighted by atomic mass is 35.5. The lowest BCUT2D eigenvalue weighted by atomic mass is 9.85. The molecule has 1 saturated heterocycles. The lowest BCUT2D eigenvalue weighted by Gasteiger charge is -2.32. The maximum absolute atomic E-state index is 12.8. The number of fused-ring (bicyclic) bond motifs is 1. The number of likely N-dealkylation sites (tertiary alicyclic amines) is 1. The molecule has 2 atom stereocenters. The molecule has 5 heteroatoms. The first kappa shape index (κ1) is 13.7. The summed E-state index contributed by atoms with van der Waals surface area (Å²) < 4.78 is 0. The molecule has 0 spiro atoms. The summed E-state index contributed by atoms with van der Waals surface area (Å²) in [6, 6.07) is 5.60. The molecule has 1 aliphatic carbocycles. The minimum atomic E-state index is 0.0508. The Hall–Kier alpha value is -1.26. The highest BCUT2D eigenvalue weighted by Gasteiger charge is 2.38. The smallest absolute Gasteiger partial charge is 0.256 e. The summed E-state index contributed by atoms with van der Waals surface area (Å²) >= 11 is 6.02. The van der Waals surface area contributed by atoms with Crippen molar-refractivity contribution in [2.24, 2.45) is 11.8 Å². The zero-order valence-corrected chi connectivity index (χ0v) is 12.2. The minimum absolute atomic E-state index is 0.0508. The van der Waals surface area contributed by atoms with E-state index in [0.717, 1.165) is 19.4 Å². The van der Waals surface area contributed by atoms with Crippen molar-refractivity contribution in [3.63, 3.8) is 0 Å². The predicted molar refractivity (Wildman–Crippen MR) is 80.7 cm³/mol. The fourth-order valence-electron chi connectivity index (χ4n) is 3.63. The third kappa shape index (κ3) is 2.38.